The highest BCUT2D eigenvalue weighted by atomic mass is 32.2. The summed E-state index contributed by atoms with van der Waals surface area (Å²) in [6, 6.07) is -2.00. The van der Waals surface area contributed by atoms with Crippen LogP contribution in [0.4, 0.5) is 0 Å². The van der Waals surface area contributed by atoms with E-state index >= 15 is 0 Å². The molecule has 13 nitrogen and oxygen atoms in total. The molecule has 2 N–H and O–H groups in total. The first-order chi connectivity index (χ1) is 14.4. The maximum absolute atomic E-state index is 12.6. The Balaban J connectivity index is 1.41. The second-order valence-corrected chi connectivity index (χ2v) is 10.0. The number of hydrogen-bond acceptors (Lipinski definition) is 11. The normalized spacial score (nSPS) is 27.6. The summed E-state index contributed by atoms with van der Waals surface area (Å²) in [5.41, 5.74) is 0.477. The molecule has 3 aliphatic heterocycles. The van der Waals surface area contributed by atoms with Crippen LogP contribution in [-0.4, -0.2) is 84.8 Å². The summed E-state index contributed by atoms with van der Waals surface area (Å²) >= 11 is 2.37. The highest BCUT2D eigenvalue weighted by molar-refractivity contribution is 8.38. The maximum Gasteiger partial charge on any atom is 0.330 e. The summed E-state index contributed by atoms with van der Waals surface area (Å²) in [7, 11) is -1.43. The number of amides is 2. The van der Waals surface area contributed by atoms with E-state index in [-0.39, 0.29) is 12.3 Å². The van der Waals surface area contributed by atoms with Gasteiger partial charge in [0.2, 0.25) is 11.8 Å². The van der Waals surface area contributed by atoms with Crippen LogP contribution in [0.5, 0.6) is 0 Å². The van der Waals surface area contributed by atoms with Gasteiger partial charge < -0.3 is 15.3 Å². The molecule has 0 radical (unpaired) electrons. The Morgan fingerprint density at radius 2 is 2.20 bits per heavy atom. The fourth-order valence-electron chi connectivity index (χ4n) is 2.99. The Kier molecular flexibility index (Phi) is 5.70. The number of fused-ring (bicyclic) bond motifs is 1. The van der Waals surface area contributed by atoms with Crippen LogP contribution in [0.2, 0.25) is 0 Å². The molecule has 1 saturated heterocycles. The molecule has 0 spiro atoms. The first kappa shape index (κ1) is 20.7. The van der Waals surface area contributed by atoms with Gasteiger partial charge in [-0.3, -0.25) is 9.59 Å². The van der Waals surface area contributed by atoms with E-state index < -0.39 is 46.0 Å². The molecule has 0 aromatic carbocycles. The van der Waals surface area contributed by atoms with Crippen molar-refractivity contribution in [2.24, 2.45) is 10.2 Å². The van der Waals surface area contributed by atoms with Crippen molar-refractivity contribution in [1.29, 1.82) is 0 Å². The predicted molar refractivity (Wildman–Crippen MR) is 109 cm³/mol. The minimum atomic E-state index is -1.43. The van der Waals surface area contributed by atoms with E-state index in [9.17, 15) is 23.7 Å². The molecular formula is C14H14N8O5S3. The van der Waals surface area contributed by atoms with Crippen LogP contribution in [0, 0.1) is 0 Å². The molecule has 0 aliphatic carbocycles. The SMILES string of the molecule is CC1=NN=C(SCC2=CS[C@@H]3[C@H](NC(=O)Cn4cnnn4)C(=O)N3C2C(=O)O)S1=O. The van der Waals surface area contributed by atoms with Gasteiger partial charge in [0.25, 0.3) is 0 Å². The number of aromatic nitrogens is 4. The van der Waals surface area contributed by atoms with Crippen molar-refractivity contribution < 1.29 is 23.7 Å². The van der Waals surface area contributed by atoms with Gasteiger partial charge in [0, 0.05) is 5.75 Å². The van der Waals surface area contributed by atoms with Crippen LogP contribution >= 0.6 is 23.5 Å². The zero-order valence-corrected chi connectivity index (χ0v) is 17.7. The van der Waals surface area contributed by atoms with Gasteiger partial charge in [-0.25, -0.2) is 13.7 Å². The molecule has 2 amide bonds. The van der Waals surface area contributed by atoms with E-state index in [1.165, 1.54) is 27.7 Å². The quantitative estimate of drug-likeness (QED) is 0.471. The van der Waals surface area contributed by atoms with Gasteiger partial charge in [0.05, 0.1) is 0 Å². The second-order valence-electron chi connectivity index (χ2n) is 6.30. The molecule has 158 valence electrons. The second kappa shape index (κ2) is 8.27. The number of aliphatic carboxylic acids is 1. The van der Waals surface area contributed by atoms with Gasteiger partial charge in [-0.15, -0.1) is 27.1 Å². The summed E-state index contributed by atoms with van der Waals surface area (Å²) in [5.74, 6) is -1.93. The van der Waals surface area contributed by atoms with Crippen LogP contribution in [0.15, 0.2) is 27.5 Å². The van der Waals surface area contributed by atoms with E-state index in [0.29, 0.717) is 15.0 Å². The zero-order valence-electron chi connectivity index (χ0n) is 15.2. The standard InChI is InChI=1S/C14H14N8O5S3/c1-6-17-18-14(30(6)27)29-4-7-3-28-12-9(11(24)22(12)10(7)13(25)26)16-8(23)2-21-5-15-19-20-21/h3,5,9-10,12H,2,4H2,1H3,(H,16,23)(H,25,26)/t9-,10?,12-,30?/m1/s1. The van der Waals surface area contributed by atoms with Crippen LogP contribution in [0.3, 0.4) is 0 Å². The van der Waals surface area contributed by atoms with E-state index in [0.717, 1.165) is 11.8 Å². The molecule has 1 fully saturated rings. The molecular weight excluding hydrogens is 456 g/mol. The van der Waals surface area contributed by atoms with Gasteiger partial charge in [-0.2, -0.15) is 0 Å². The smallest absolute Gasteiger partial charge is 0.330 e. The lowest BCUT2D eigenvalue weighted by molar-refractivity contribution is -0.160. The molecule has 16 heteroatoms. The number of carboxylic acid groups (broad SMARTS) is 1. The number of nitrogens with one attached hydrogen (secondary N) is 1. The number of carboxylic acids is 1. The topological polar surface area (TPSA) is 172 Å². The van der Waals surface area contributed by atoms with Crippen molar-refractivity contribution in [2.75, 3.05) is 5.75 Å². The molecule has 1 aromatic rings. The number of carbonyl (C=O) groups is 3. The highest BCUT2D eigenvalue weighted by Crippen LogP contribution is 2.41. The Morgan fingerprint density at radius 1 is 1.40 bits per heavy atom. The summed E-state index contributed by atoms with van der Waals surface area (Å²) in [5, 5.41) is 31.8. The number of thioether (sulfide) groups is 2. The van der Waals surface area contributed by atoms with E-state index in [4.69, 9.17) is 0 Å². The van der Waals surface area contributed by atoms with Crippen LogP contribution in [-0.2, 0) is 31.7 Å². The number of rotatable bonds is 6. The van der Waals surface area contributed by atoms with Crippen LogP contribution < -0.4 is 5.32 Å². The van der Waals surface area contributed by atoms with Gasteiger partial charge in [-0.05, 0) is 28.3 Å². The number of nitrogens with zero attached hydrogens (tertiary/aromatic N) is 7. The van der Waals surface area contributed by atoms with E-state index in [1.807, 2.05) is 0 Å². The maximum atomic E-state index is 12.6. The fourth-order valence-corrected chi connectivity index (χ4v) is 6.40. The lowest BCUT2D eigenvalue weighted by Crippen LogP contribution is -2.74. The van der Waals surface area contributed by atoms with Crippen molar-refractivity contribution in [3.05, 3.63) is 17.3 Å². The molecule has 4 rings (SSSR count). The Morgan fingerprint density at radius 3 is 2.83 bits per heavy atom. The van der Waals surface area contributed by atoms with E-state index in [1.54, 1.807) is 12.3 Å². The first-order valence-corrected chi connectivity index (χ1v) is 11.5. The minimum absolute atomic E-state index is 0.158. The number of β-lactam (4-membered cyclic amide) rings is 1. The van der Waals surface area contributed by atoms with Gasteiger partial charge in [-0.1, -0.05) is 11.8 Å². The summed E-state index contributed by atoms with van der Waals surface area (Å²) < 4.78 is 13.5. The largest absolute Gasteiger partial charge is 0.479 e. The highest BCUT2D eigenvalue weighted by Gasteiger charge is 2.55. The summed E-state index contributed by atoms with van der Waals surface area (Å²) in [6.45, 7) is 1.44. The number of carbonyl (C=O) groups excluding carboxylic acids is 2. The lowest BCUT2D eigenvalue weighted by Gasteiger charge is -2.51. The first-order valence-electron chi connectivity index (χ1n) is 8.43. The monoisotopic (exact) mass is 470 g/mol. The minimum Gasteiger partial charge on any atom is -0.479 e. The van der Waals surface area contributed by atoms with Crippen molar-refractivity contribution in [2.45, 2.75) is 30.9 Å². The molecule has 0 saturated carbocycles. The van der Waals surface area contributed by atoms with Crippen molar-refractivity contribution in [3.63, 3.8) is 0 Å². The Bertz CT molecular complexity index is 1020. The summed E-state index contributed by atoms with van der Waals surface area (Å²) in [6.07, 6.45) is 1.27. The van der Waals surface area contributed by atoms with Gasteiger partial charge in [0.1, 0.15) is 40.1 Å². The predicted octanol–water partition coefficient (Wildman–Crippen LogP) is -1.40. The Hall–Kier alpha value is -2.59. The molecule has 30 heavy (non-hydrogen) atoms. The van der Waals surface area contributed by atoms with E-state index in [2.05, 4.69) is 31.0 Å². The van der Waals surface area contributed by atoms with Crippen molar-refractivity contribution >= 4 is 61.5 Å². The number of hydrogen-bond donors (Lipinski definition) is 2. The molecule has 1 aromatic heterocycles. The lowest BCUT2D eigenvalue weighted by atomic mass is 9.99. The Labute approximate surface area is 179 Å². The fraction of sp³-hybridized carbons (Fsp3) is 0.429. The third-order valence-corrected chi connectivity index (χ3v) is 8.23. The molecule has 4 heterocycles. The summed E-state index contributed by atoms with van der Waals surface area (Å²) in [4.78, 5) is 37.8. The molecule has 0 bridgehead atoms. The van der Waals surface area contributed by atoms with Gasteiger partial charge >= 0.3 is 5.97 Å². The average Bonchev–Trinajstić information content (AvgIpc) is 3.34. The molecule has 2 unspecified atom stereocenters. The molecule has 4 atom stereocenters. The van der Waals surface area contributed by atoms with Crippen LogP contribution in [0.25, 0.3) is 0 Å². The third kappa shape index (κ3) is 3.77. The average molecular weight is 471 g/mol. The number of tetrazole rings is 1. The third-order valence-electron chi connectivity index (χ3n) is 4.38. The zero-order chi connectivity index (χ0) is 21.4. The van der Waals surface area contributed by atoms with Crippen molar-refractivity contribution in [1.82, 2.24) is 30.4 Å². The van der Waals surface area contributed by atoms with Crippen molar-refractivity contribution in [3.8, 4) is 0 Å². The van der Waals surface area contributed by atoms with Gasteiger partial charge in [0.15, 0.2) is 10.4 Å². The van der Waals surface area contributed by atoms with Crippen LogP contribution in [0.1, 0.15) is 6.92 Å². The molecule has 3 aliphatic rings.